The second-order valence-corrected chi connectivity index (χ2v) is 4.35. The molecule has 96 valence electrons. The van der Waals surface area contributed by atoms with Gasteiger partial charge in [0.15, 0.2) is 0 Å². The van der Waals surface area contributed by atoms with Gasteiger partial charge in [-0.3, -0.25) is 19.7 Å². The average Bonchev–Trinajstić information content (AvgIpc) is 2.26. The minimum Gasteiger partial charge on any atom is -0.349 e. The summed E-state index contributed by atoms with van der Waals surface area (Å²) in [6.07, 6.45) is 2.06. The molecule has 0 aromatic heterocycles. The van der Waals surface area contributed by atoms with Crippen molar-refractivity contribution in [2.45, 2.75) is 31.7 Å². The first kappa shape index (κ1) is 13.6. The first-order valence-corrected chi connectivity index (χ1v) is 5.78. The molecule has 3 amide bonds. The van der Waals surface area contributed by atoms with Crippen LogP contribution in [0.1, 0.15) is 25.7 Å². The Morgan fingerprint density at radius 2 is 2.18 bits per heavy atom. The van der Waals surface area contributed by atoms with Crippen LogP contribution in [0.4, 0.5) is 0 Å². The molecule has 1 atom stereocenters. The fraction of sp³-hybridized carbons (Fsp3) is 0.727. The summed E-state index contributed by atoms with van der Waals surface area (Å²) in [5.41, 5.74) is 0. The Morgan fingerprint density at radius 3 is 2.76 bits per heavy atom. The summed E-state index contributed by atoms with van der Waals surface area (Å²) in [7, 11) is 3.44. The lowest BCUT2D eigenvalue weighted by atomic mass is 10.1. The van der Waals surface area contributed by atoms with Crippen LogP contribution in [0.5, 0.6) is 0 Å². The third kappa shape index (κ3) is 4.52. The van der Waals surface area contributed by atoms with Gasteiger partial charge in [0.2, 0.25) is 17.7 Å². The monoisotopic (exact) mass is 241 g/mol. The number of rotatable bonds is 5. The number of carbonyl (C=O) groups excluding carboxylic acids is 3. The third-order valence-electron chi connectivity index (χ3n) is 2.70. The van der Waals surface area contributed by atoms with E-state index in [9.17, 15) is 14.4 Å². The van der Waals surface area contributed by atoms with E-state index in [1.165, 1.54) is 0 Å². The Labute approximate surface area is 101 Å². The van der Waals surface area contributed by atoms with Crippen LogP contribution in [0.2, 0.25) is 0 Å². The van der Waals surface area contributed by atoms with Gasteiger partial charge in [0.25, 0.3) is 0 Å². The molecular formula is C11H19N3O3. The molecule has 1 aliphatic rings. The number of imide groups is 1. The molecule has 0 spiro atoms. The first-order chi connectivity index (χ1) is 8.00. The van der Waals surface area contributed by atoms with Crippen molar-refractivity contribution in [2.24, 2.45) is 0 Å². The fourth-order valence-corrected chi connectivity index (χ4v) is 1.63. The highest BCUT2D eigenvalue weighted by atomic mass is 16.2. The van der Waals surface area contributed by atoms with Crippen molar-refractivity contribution in [3.8, 4) is 0 Å². The van der Waals surface area contributed by atoms with E-state index in [1.54, 1.807) is 19.0 Å². The zero-order valence-corrected chi connectivity index (χ0v) is 10.3. The quantitative estimate of drug-likeness (QED) is 0.490. The molecule has 0 radical (unpaired) electrons. The fourth-order valence-electron chi connectivity index (χ4n) is 1.63. The van der Waals surface area contributed by atoms with Crippen LogP contribution in [-0.4, -0.2) is 49.3 Å². The predicted octanol–water partition coefficient (Wildman–Crippen LogP) is -0.750. The first-order valence-electron chi connectivity index (χ1n) is 5.78. The number of amides is 3. The predicted molar refractivity (Wildman–Crippen MR) is 62.1 cm³/mol. The van der Waals surface area contributed by atoms with Gasteiger partial charge in [-0.2, -0.15) is 0 Å². The van der Waals surface area contributed by atoms with E-state index in [1.807, 2.05) is 0 Å². The molecular weight excluding hydrogens is 222 g/mol. The number of nitrogens with one attached hydrogen (secondary N) is 2. The van der Waals surface area contributed by atoms with Crippen LogP contribution in [0.25, 0.3) is 0 Å². The van der Waals surface area contributed by atoms with Gasteiger partial charge in [-0.1, -0.05) is 0 Å². The summed E-state index contributed by atoms with van der Waals surface area (Å²) in [5, 5.41) is 5.33. The van der Waals surface area contributed by atoms with Gasteiger partial charge in [0.1, 0.15) is 0 Å². The zero-order chi connectivity index (χ0) is 12.8. The van der Waals surface area contributed by atoms with Crippen molar-refractivity contribution < 1.29 is 14.4 Å². The molecule has 1 saturated heterocycles. The second-order valence-electron chi connectivity index (χ2n) is 4.35. The molecule has 0 saturated carbocycles. The van der Waals surface area contributed by atoms with Crippen LogP contribution >= 0.6 is 0 Å². The topological polar surface area (TPSA) is 78.5 Å². The van der Waals surface area contributed by atoms with Crippen molar-refractivity contribution >= 4 is 17.7 Å². The van der Waals surface area contributed by atoms with Gasteiger partial charge < -0.3 is 10.2 Å². The second kappa shape index (κ2) is 6.34. The number of nitrogens with zero attached hydrogens (tertiary/aromatic N) is 1. The number of carbonyl (C=O) groups is 3. The smallest absolute Gasteiger partial charge is 0.243 e. The van der Waals surface area contributed by atoms with E-state index >= 15 is 0 Å². The molecule has 1 fully saturated rings. The highest BCUT2D eigenvalue weighted by Gasteiger charge is 2.25. The van der Waals surface area contributed by atoms with E-state index in [4.69, 9.17) is 0 Å². The number of hydrogen-bond donors (Lipinski definition) is 2. The molecule has 17 heavy (non-hydrogen) atoms. The molecule has 0 aliphatic carbocycles. The zero-order valence-electron chi connectivity index (χ0n) is 10.3. The Kier molecular flexibility index (Phi) is 5.09. The third-order valence-corrected chi connectivity index (χ3v) is 2.70. The van der Waals surface area contributed by atoms with Crippen molar-refractivity contribution in [3.05, 3.63) is 0 Å². The molecule has 0 aromatic rings. The van der Waals surface area contributed by atoms with E-state index in [0.29, 0.717) is 32.2 Å². The summed E-state index contributed by atoms with van der Waals surface area (Å²) in [5.74, 6) is -0.397. The van der Waals surface area contributed by atoms with Gasteiger partial charge in [-0.25, -0.2) is 0 Å². The SMILES string of the molecule is CN(C)C(=O)CCCNC1CCC(=O)NC1=O. The maximum absolute atomic E-state index is 11.4. The number of hydrogen-bond acceptors (Lipinski definition) is 4. The van der Waals surface area contributed by atoms with E-state index in [-0.39, 0.29) is 23.8 Å². The van der Waals surface area contributed by atoms with Crippen LogP contribution in [0.3, 0.4) is 0 Å². The van der Waals surface area contributed by atoms with E-state index < -0.39 is 0 Å². The van der Waals surface area contributed by atoms with Gasteiger partial charge >= 0.3 is 0 Å². The normalized spacial score (nSPS) is 20.0. The minimum absolute atomic E-state index is 0.0788. The Morgan fingerprint density at radius 1 is 1.47 bits per heavy atom. The lowest BCUT2D eigenvalue weighted by Gasteiger charge is -2.21. The van der Waals surface area contributed by atoms with Gasteiger partial charge in [-0.05, 0) is 19.4 Å². The molecule has 0 bridgehead atoms. The van der Waals surface area contributed by atoms with E-state index in [0.717, 1.165) is 0 Å². The molecule has 1 heterocycles. The van der Waals surface area contributed by atoms with Crippen molar-refractivity contribution in [1.29, 1.82) is 0 Å². The average molecular weight is 241 g/mol. The Balaban J connectivity index is 2.17. The maximum Gasteiger partial charge on any atom is 0.243 e. The lowest BCUT2D eigenvalue weighted by molar-refractivity contribution is -0.134. The minimum atomic E-state index is -0.304. The van der Waals surface area contributed by atoms with Gasteiger partial charge in [0.05, 0.1) is 6.04 Å². The molecule has 0 aromatic carbocycles. The van der Waals surface area contributed by atoms with Crippen molar-refractivity contribution in [1.82, 2.24) is 15.5 Å². The summed E-state index contributed by atoms with van der Waals surface area (Å²) in [6, 6.07) is -0.304. The van der Waals surface area contributed by atoms with Crippen molar-refractivity contribution in [3.63, 3.8) is 0 Å². The maximum atomic E-state index is 11.4. The highest BCUT2D eigenvalue weighted by molar-refractivity contribution is 6.00. The molecule has 6 heteroatoms. The van der Waals surface area contributed by atoms with Crippen LogP contribution in [0.15, 0.2) is 0 Å². The lowest BCUT2D eigenvalue weighted by Crippen LogP contribution is -2.50. The van der Waals surface area contributed by atoms with Crippen molar-refractivity contribution in [2.75, 3.05) is 20.6 Å². The van der Waals surface area contributed by atoms with Crippen LogP contribution in [-0.2, 0) is 14.4 Å². The van der Waals surface area contributed by atoms with Crippen LogP contribution in [0, 0.1) is 0 Å². The van der Waals surface area contributed by atoms with E-state index in [2.05, 4.69) is 10.6 Å². The molecule has 1 rings (SSSR count). The molecule has 1 aliphatic heterocycles. The number of piperidine rings is 1. The molecule has 6 nitrogen and oxygen atoms in total. The van der Waals surface area contributed by atoms with Crippen LogP contribution < -0.4 is 10.6 Å². The highest BCUT2D eigenvalue weighted by Crippen LogP contribution is 2.04. The van der Waals surface area contributed by atoms with Gasteiger partial charge in [-0.15, -0.1) is 0 Å². The summed E-state index contributed by atoms with van der Waals surface area (Å²) >= 11 is 0. The summed E-state index contributed by atoms with van der Waals surface area (Å²) < 4.78 is 0. The largest absolute Gasteiger partial charge is 0.349 e. The summed E-state index contributed by atoms with van der Waals surface area (Å²) in [6.45, 7) is 0.603. The molecule has 2 N–H and O–H groups in total. The standard InChI is InChI=1S/C11H19N3O3/c1-14(2)10(16)4-3-7-12-8-5-6-9(15)13-11(8)17/h8,12H,3-7H2,1-2H3,(H,13,15,17). The van der Waals surface area contributed by atoms with Gasteiger partial charge in [0, 0.05) is 26.9 Å². The summed E-state index contributed by atoms with van der Waals surface area (Å²) in [4.78, 5) is 35.1. The molecule has 1 unspecified atom stereocenters. The Hall–Kier alpha value is -1.43. The Bertz CT molecular complexity index is 315.